The second-order valence-corrected chi connectivity index (χ2v) is 6.16. The van der Waals surface area contributed by atoms with Gasteiger partial charge in [0, 0.05) is 12.0 Å². The van der Waals surface area contributed by atoms with E-state index in [9.17, 15) is 4.79 Å². The van der Waals surface area contributed by atoms with Crippen molar-refractivity contribution in [3.63, 3.8) is 0 Å². The fraction of sp³-hybridized carbons (Fsp3) is 0.143. The van der Waals surface area contributed by atoms with E-state index in [-0.39, 0.29) is 5.91 Å². The highest BCUT2D eigenvalue weighted by Gasteiger charge is 2.07. The molecule has 0 unspecified atom stereocenters. The Labute approximate surface area is 151 Å². The van der Waals surface area contributed by atoms with Crippen LogP contribution in [0.2, 0.25) is 0 Å². The van der Waals surface area contributed by atoms with Crippen molar-refractivity contribution in [3.8, 4) is 0 Å². The number of aromatic amines is 1. The van der Waals surface area contributed by atoms with E-state index in [0.29, 0.717) is 12.1 Å². The molecule has 5 heteroatoms. The molecule has 2 N–H and O–H groups in total. The maximum absolute atomic E-state index is 12.2. The first-order valence-electron chi connectivity index (χ1n) is 8.61. The molecular weight excluding hydrogens is 326 g/mol. The summed E-state index contributed by atoms with van der Waals surface area (Å²) >= 11 is 0. The van der Waals surface area contributed by atoms with Crippen molar-refractivity contribution < 1.29 is 9.21 Å². The summed E-state index contributed by atoms with van der Waals surface area (Å²) in [7, 11) is 0. The molecule has 0 radical (unpaired) electrons. The minimum absolute atomic E-state index is 0.106. The van der Waals surface area contributed by atoms with Gasteiger partial charge in [0.2, 0.25) is 0 Å². The minimum atomic E-state index is -0.106. The monoisotopic (exact) mass is 345 g/mol. The SMILES string of the molecule is O=C(NCc1ccco1)c1ccc(CCc2nc3ccccc3[nH]2)cc1. The van der Waals surface area contributed by atoms with Crippen LogP contribution in [-0.4, -0.2) is 15.9 Å². The molecular formula is C21H19N3O2. The zero-order valence-electron chi connectivity index (χ0n) is 14.2. The lowest BCUT2D eigenvalue weighted by molar-refractivity contribution is 0.0948. The van der Waals surface area contributed by atoms with E-state index in [0.717, 1.165) is 35.5 Å². The van der Waals surface area contributed by atoms with E-state index in [2.05, 4.69) is 15.3 Å². The number of hydrogen-bond acceptors (Lipinski definition) is 3. The zero-order valence-corrected chi connectivity index (χ0v) is 14.2. The molecule has 1 amide bonds. The summed E-state index contributed by atoms with van der Waals surface area (Å²) in [5, 5.41) is 2.85. The Morgan fingerprint density at radius 1 is 1.00 bits per heavy atom. The lowest BCUT2D eigenvalue weighted by Gasteiger charge is -2.05. The molecule has 0 aliphatic rings. The number of nitrogens with one attached hydrogen (secondary N) is 2. The molecule has 2 aromatic heterocycles. The highest BCUT2D eigenvalue weighted by atomic mass is 16.3. The molecule has 26 heavy (non-hydrogen) atoms. The molecule has 5 nitrogen and oxygen atoms in total. The van der Waals surface area contributed by atoms with Crippen LogP contribution in [0.25, 0.3) is 11.0 Å². The Hall–Kier alpha value is -3.34. The van der Waals surface area contributed by atoms with Gasteiger partial charge < -0.3 is 14.7 Å². The van der Waals surface area contributed by atoms with Crippen molar-refractivity contribution in [2.45, 2.75) is 19.4 Å². The highest BCUT2D eigenvalue weighted by Crippen LogP contribution is 2.13. The topological polar surface area (TPSA) is 70.9 Å². The van der Waals surface area contributed by atoms with E-state index < -0.39 is 0 Å². The number of fused-ring (bicyclic) bond motifs is 1. The molecule has 0 bridgehead atoms. The van der Waals surface area contributed by atoms with Gasteiger partial charge in [-0.1, -0.05) is 24.3 Å². The van der Waals surface area contributed by atoms with Crippen LogP contribution in [0, 0.1) is 0 Å². The normalized spacial score (nSPS) is 10.9. The molecule has 130 valence electrons. The van der Waals surface area contributed by atoms with Crippen LogP contribution >= 0.6 is 0 Å². The van der Waals surface area contributed by atoms with Crippen LogP contribution in [-0.2, 0) is 19.4 Å². The highest BCUT2D eigenvalue weighted by molar-refractivity contribution is 5.94. The van der Waals surface area contributed by atoms with Crippen LogP contribution in [0.5, 0.6) is 0 Å². The van der Waals surface area contributed by atoms with Gasteiger partial charge in [0.25, 0.3) is 5.91 Å². The second kappa shape index (κ2) is 7.27. The summed E-state index contributed by atoms with van der Waals surface area (Å²) < 4.78 is 5.21. The number of imidazole rings is 1. The van der Waals surface area contributed by atoms with Crippen molar-refractivity contribution in [3.05, 3.63) is 89.6 Å². The molecule has 4 rings (SSSR count). The van der Waals surface area contributed by atoms with Crippen molar-refractivity contribution in [1.29, 1.82) is 0 Å². The van der Waals surface area contributed by atoms with Gasteiger partial charge in [0.1, 0.15) is 11.6 Å². The first-order valence-corrected chi connectivity index (χ1v) is 8.61. The number of rotatable bonds is 6. The summed E-state index contributed by atoms with van der Waals surface area (Å²) in [6.45, 7) is 0.389. The van der Waals surface area contributed by atoms with Crippen molar-refractivity contribution in [2.24, 2.45) is 0 Å². The zero-order chi connectivity index (χ0) is 17.8. The summed E-state index contributed by atoms with van der Waals surface area (Å²) in [5.74, 6) is 1.61. The third kappa shape index (κ3) is 3.67. The Balaban J connectivity index is 1.34. The summed E-state index contributed by atoms with van der Waals surface area (Å²) in [5.41, 5.74) is 3.87. The molecule has 2 heterocycles. The number of furan rings is 1. The fourth-order valence-corrected chi connectivity index (χ4v) is 2.89. The number of carbonyl (C=O) groups is 1. The minimum Gasteiger partial charge on any atom is -0.467 e. The van der Waals surface area contributed by atoms with Gasteiger partial charge in [-0.05, 0) is 48.4 Å². The lowest BCUT2D eigenvalue weighted by atomic mass is 10.1. The van der Waals surface area contributed by atoms with Gasteiger partial charge in [0.15, 0.2) is 0 Å². The number of H-pyrrole nitrogens is 1. The largest absolute Gasteiger partial charge is 0.467 e. The number of para-hydroxylation sites is 2. The van der Waals surface area contributed by atoms with Crippen LogP contribution in [0.3, 0.4) is 0 Å². The number of aryl methyl sites for hydroxylation is 2. The average molecular weight is 345 g/mol. The number of benzene rings is 2. The van der Waals surface area contributed by atoms with Crippen molar-refractivity contribution in [1.82, 2.24) is 15.3 Å². The number of amides is 1. The standard InChI is InChI=1S/C21H19N3O2/c25-21(22-14-17-4-3-13-26-17)16-10-7-15(8-11-16)9-12-20-23-18-5-1-2-6-19(18)24-20/h1-8,10-11,13H,9,12,14H2,(H,22,25)(H,23,24). The van der Waals surface area contributed by atoms with Crippen molar-refractivity contribution >= 4 is 16.9 Å². The molecule has 0 saturated carbocycles. The molecule has 0 aliphatic heterocycles. The van der Waals surface area contributed by atoms with Gasteiger partial charge in [-0.3, -0.25) is 4.79 Å². The lowest BCUT2D eigenvalue weighted by Crippen LogP contribution is -2.22. The quantitative estimate of drug-likeness (QED) is 0.557. The first-order chi connectivity index (χ1) is 12.8. The van der Waals surface area contributed by atoms with Crippen LogP contribution in [0.4, 0.5) is 0 Å². The van der Waals surface area contributed by atoms with Gasteiger partial charge in [-0.2, -0.15) is 0 Å². The number of aromatic nitrogens is 2. The van der Waals surface area contributed by atoms with E-state index in [1.807, 2.05) is 54.6 Å². The Morgan fingerprint density at radius 3 is 2.62 bits per heavy atom. The molecule has 2 aromatic carbocycles. The molecule has 0 aliphatic carbocycles. The Morgan fingerprint density at radius 2 is 1.85 bits per heavy atom. The smallest absolute Gasteiger partial charge is 0.251 e. The summed E-state index contributed by atoms with van der Waals surface area (Å²) in [6, 6.07) is 19.3. The first kappa shape index (κ1) is 16.1. The van der Waals surface area contributed by atoms with E-state index >= 15 is 0 Å². The Kier molecular flexibility index (Phi) is 4.51. The molecule has 0 atom stereocenters. The van der Waals surface area contributed by atoms with Gasteiger partial charge in [-0.25, -0.2) is 4.98 Å². The van der Waals surface area contributed by atoms with Crippen molar-refractivity contribution in [2.75, 3.05) is 0 Å². The molecule has 0 fully saturated rings. The second-order valence-electron chi connectivity index (χ2n) is 6.16. The van der Waals surface area contributed by atoms with E-state index in [1.54, 1.807) is 12.3 Å². The van der Waals surface area contributed by atoms with Crippen LogP contribution in [0.1, 0.15) is 27.5 Å². The number of nitrogens with zero attached hydrogens (tertiary/aromatic N) is 1. The van der Waals surface area contributed by atoms with E-state index in [4.69, 9.17) is 4.42 Å². The predicted molar refractivity (Wildman–Crippen MR) is 99.8 cm³/mol. The number of carbonyl (C=O) groups excluding carboxylic acids is 1. The molecule has 0 spiro atoms. The predicted octanol–water partition coefficient (Wildman–Crippen LogP) is 3.87. The Bertz CT molecular complexity index is 968. The van der Waals surface area contributed by atoms with Gasteiger partial charge in [-0.15, -0.1) is 0 Å². The maximum Gasteiger partial charge on any atom is 0.251 e. The van der Waals surface area contributed by atoms with Gasteiger partial charge in [0.05, 0.1) is 23.8 Å². The fourth-order valence-electron chi connectivity index (χ4n) is 2.89. The van der Waals surface area contributed by atoms with Crippen LogP contribution in [0.15, 0.2) is 71.3 Å². The van der Waals surface area contributed by atoms with Gasteiger partial charge >= 0.3 is 0 Å². The molecule has 0 saturated heterocycles. The van der Waals surface area contributed by atoms with E-state index in [1.165, 1.54) is 5.56 Å². The summed E-state index contributed by atoms with van der Waals surface area (Å²) in [6.07, 6.45) is 3.30. The average Bonchev–Trinajstić information content (AvgIpc) is 3.34. The third-order valence-electron chi connectivity index (χ3n) is 4.31. The van der Waals surface area contributed by atoms with Crippen LogP contribution < -0.4 is 5.32 Å². The maximum atomic E-state index is 12.2. The summed E-state index contributed by atoms with van der Waals surface area (Å²) in [4.78, 5) is 20.1. The third-order valence-corrected chi connectivity index (χ3v) is 4.31. The number of hydrogen-bond donors (Lipinski definition) is 2. The molecule has 4 aromatic rings.